The summed E-state index contributed by atoms with van der Waals surface area (Å²) in [6.07, 6.45) is 9.23. The van der Waals surface area contributed by atoms with Gasteiger partial charge in [0.15, 0.2) is 0 Å². The average Bonchev–Trinajstić information content (AvgIpc) is 2.97. The van der Waals surface area contributed by atoms with Crippen molar-refractivity contribution in [3.63, 3.8) is 0 Å². The van der Waals surface area contributed by atoms with Crippen molar-refractivity contribution in [3.05, 3.63) is 0 Å². The lowest BCUT2D eigenvalue weighted by molar-refractivity contribution is -0.0766. The molecule has 9 heteroatoms. The zero-order chi connectivity index (χ0) is 34.7. The van der Waals surface area contributed by atoms with Crippen molar-refractivity contribution in [1.82, 2.24) is 9.80 Å². The lowest BCUT2D eigenvalue weighted by atomic mass is 9.75. The van der Waals surface area contributed by atoms with Gasteiger partial charge in [-0.15, -0.1) is 0 Å². The lowest BCUT2D eigenvalue weighted by Gasteiger charge is -2.39. The number of nitrogens with zero attached hydrogens (tertiary/aromatic N) is 3. The Balaban J connectivity index is 0.000000256. The molecule has 0 spiro atoms. The van der Waals surface area contributed by atoms with E-state index >= 15 is 0 Å². The number of nitrogens with two attached hydrogens (primary N) is 1. The fraction of sp³-hybridized carbons (Fsp3) is 0.974. The average molecular weight is 667 g/mol. The summed E-state index contributed by atoms with van der Waals surface area (Å²) in [5, 5.41) is 12.9. The molecule has 0 radical (unpaired) electrons. The van der Waals surface area contributed by atoms with Gasteiger partial charge in [-0.3, -0.25) is 9.80 Å². The van der Waals surface area contributed by atoms with E-state index in [1.165, 1.54) is 32.1 Å². The lowest BCUT2D eigenvalue weighted by Crippen LogP contribution is -2.51. The van der Waals surface area contributed by atoms with Crippen molar-refractivity contribution in [2.75, 3.05) is 52.5 Å². The van der Waals surface area contributed by atoms with Gasteiger partial charge < -0.3 is 29.9 Å². The summed E-state index contributed by atoms with van der Waals surface area (Å²) >= 11 is 0. The van der Waals surface area contributed by atoms with Gasteiger partial charge in [0, 0.05) is 45.3 Å². The van der Waals surface area contributed by atoms with Crippen molar-refractivity contribution in [2.24, 2.45) is 46.4 Å². The van der Waals surface area contributed by atoms with Gasteiger partial charge in [-0.25, -0.2) is 0 Å². The Bertz CT molecular complexity index is 885. The molecule has 2 heterocycles. The van der Waals surface area contributed by atoms with Gasteiger partial charge in [-0.05, 0) is 88.9 Å². The van der Waals surface area contributed by atoms with Gasteiger partial charge in [-0.1, -0.05) is 59.5 Å². The number of rotatable bonds is 12. The molecular formula is C38H74N4O5. The molecule has 11 unspecified atom stereocenters. The van der Waals surface area contributed by atoms with Crippen LogP contribution in [0.3, 0.4) is 0 Å². The molecule has 4 fully saturated rings. The molecule has 0 aromatic rings. The monoisotopic (exact) mass is 667 g/mol. The first-order valence-corrected chi connectivity index (χ1v) is 19.2. The van der Waals surface area contributed by atoms with Gasteiger partial charge in [-0.2, -0.15) is 0 Å². The number of morpholine rings is 2. The molecule has 2 saturated heterocycles. The molecule has 276 valence electrons. The van der Waals surface area contributed by atoms with Gasteiger partial charge in [0.1, 0.15) is 0 Å². The van der Waals surface area contributed by atoms with Crippen LogP contribution in [0.15, 0.2) is 5.16 Å². The van der Waals surface area contributed by atoms with E-state index in [9.17, 15) is 5.21 Å². The topological polar surface area (TPSA) is 102 Å². The molecule has 9 nitrogen and oxygen atoms in total. The van der Waals surface area contributed by atoms with Crippen LogP contribution in [-0.4, -0.2) is 116 Å². The summed E-state index contributed by atoms with van der Waals surface area (Å²) in [5.74, 6) is 4.15. The van der Waals surface area contributed by atoms with E-state index in [4.69, 9.17) is 24.7 Å². The smallest absolute Gasteiger partial charge is 0.0967 e. The molecule has 4 rings (SSSR count). The fourth-order valence-electron chi connectivity index (χ4n) is 8.66. The van der Waals surface area contributed by atoms with E-state index in [-0.39, 0.29) is 24.4 Å². The normalized spacial score (nSPS) is 37.1. The maximum atomic E-state index is 9.40. The second-order valence-electron chi connectivity index (χ2n) is 16.7. The van der Waals surface area contributed by atoms with Crippen LogP contribution in [0.4, 0.5) is 0 Å². The van der Waals surface area contributed by atoms with Crippen LogP contribution in [0.25, 0.3) is 0 Å². The molecule has 0 bridgehead atoms. The summed E-state index contributed by atoms with van der Waals surface area (Å²) in [6.45, 7) is 28.7. The summed E-state index contributed by atoms with van der Waals surface area (Å²) in [5.41, 5.74) is 7.08. The summed E-state index contributed by atoms with van der Waals surface area (Å²) < 4.78 is 24.1. The highest BCUT2D eigenvalue weighted by Crippen LogP contribution is 2.36. The Morgan fingerprint density at radius 1 is 0.723 bits per heavy atom. The Labute approximate surface area is 288 Å². The Hall–Kier alpha value is -0.810. The molecule has 0 amide bonds. The third-order valence-electron chi connectivity index (χ3n) is 10.9. The van der Waals surface area contributed by atoms with Crippen molar-refractivity contribution < 1.29 is 24.2 Å². The van der Waals surface area contributed by atoms with Gasteiger partial charge in [0.2, 0.25) is 0 Å². The molecule has 11 atom stereocenters. The summed E-state index contributed by atoms with van der Waals surface area (Å²) in [4.78, 5) is 4.72. The molecule has 2 aliphatic heterocycles. The van der Waals surface area contributed by atoms with E-state index in [1.807, 2.05) is 0 Å². The number of ether oxygens (including phenoxy) is 4. The second kappa shape index (κ2) is 20.1. The van der Waals surface area contributed by atoms with Crippen LogP contribution in [0.5, 0.6) is 0 Å². The number of oxime groups is 1. The van der Waals surface area contributed by atoms with Crippen molar-refractivity contribution in [1.29, 1.82) is 0 Å². The SMILES string of the molecule is CC1CCC(C(C)C)C(OC/C(CN2CC(C)OC(C)C2)=N/O)C1.CC1CCC(C(C)C)C(OCC(N)CN2CC(C)OC(C)C2)C1. The third-order valence-corrected chi connectivity index (χ3v) is 10.9. The largest absolute Gasteiger partial charge is 0.411 e. The van der Waals surface area contributed by atoms with Gasteiger partial charge in [0.25, 0.3) is 0 Å². The van der Waals surface area contributed by atoms with Crippen LogP contribution >= 0.6 is 0 Å². The zero-order valence-electron chi connectivity index (χ0n) is 31.9. The summed E-state index contributed by atoms with van der Waals surface area (Å²) in [6, 6.07) is 0.0949. The molecule has 0 aromatic carbocycles. The fourth-order valence-corrected chi connectivity index (χ4v) is 8.66. The van der Waals surface area contributed by atoms with E-state index < -0.39 is 0 Å². The molecule has 47 heavy (non-hydrogen) atoms. The minimum Gasteiger partial charge on any atom is -0.411 e. The second-order valence-corrected chi connectivity index (χ2v) is 16.7. The predicted molar refractivity (Wildman–Crippen MR) is 192 cm³/mol. The predicted octanol–water partition coefficient (Wildman–Crippen LogP) is 6.30. The molecule has 3 N–H and O–H groups in total. The molecular weight excluding hydrogens is 592 g/mol. The van der Waals surface area contributed by atoms with E-state index in [0.29, 0.717) is 61.7 Å². The molecule has 4 aliphatic rings. The van der Waals surface area contributed by atoms with Crippen LogP contribution in [0.1, 0.15) is 108 Å². The van der Waals surface area contributed by atoms with E-state index in [1.54, 1.807) is 0 Å². The molecule has 2 saturated carbocycles. The van der Waals surface area contributed by atoms with Crippen molar-refractivity contribution >= 4 is 5.71 Å². The van der Waals surface area contributed by atoms with Gasteiger partial charge in [0.05, 0.1) is 55.5 Å². The highest BCUT2D eigenvalue weighted by Gasteiger charge is 2.33. The van der Waals surface area contributed by atoms with E-state index in [2.05, 4.69) is 84.2 Å². The standard InChI is InChI=1S/C19H36N2O3.C19H38N2O2/c1-13(2)18-7-6-14(3)8-19(18)23-12-17(20-22)11-21-9-15(4)24-16(5)10-21;1-13(2)18-7-6-14(3)8-19(18)22-12-17(20)11-21-9-15(4)23-16(5)10-21/h13-16,18-19,22H,6-12H2,1-5H3;13-19H,6-12,20H2,1-5H3/b20-17+;. The Morgan fingerprint density at radius 2 is 1.17 bits per heavy atom. The summed E-state index contributed by atoms with van der Waals surface area (Å²) in [7, 11) is 0. The van der Waals surface area contributed by atoms with Gasteiger partial charge >= 0.3 is 0 Å². The minimum atomic E-state index is 0.0949. The van der Waals surface area contributed by atoms with Crippen LogP contribution in [0.2, 0.25) is 0 Å². The van der Waals surface area contributed by atoms with Crippen LogP contribution in [-0.2, 0) is 18.9 Å². The van der Waals surface area contributed by atoms with Crippen molar-refractivity contribution in [3.8, 4) is 0 Å². The Morgan fingerprint density at radius 3 is 1.62 bits per heavy atom. The molecule has 2 aliphatic carbocycles. The first-order valence-electron chi connectivity index (χ1n) is 19.2. The minimum absolute atomic E-state index is 0.0949. The Kier molecular flexibility index (Phi) is 17.4. The number of hydrogen-bond acceptors (Lipinski definition) is 9. The maximum Gasteiger partial charge on any atom is 0.0967 e. The quantitative estimate of drug-likeness (QED) is 0.142. The first kappa shape index (κ1) is 40.6. The molecule has 0 aromatic heterocycles. The highest BCUT2D eigenvalue weighted by molar-refractivity contribution is 5.87. The third kappa shape index (κ3) is 14.1. The number of hydrogen-bond donors (Lipinski definition) is 2. The van der Waals surface area contributed by atoms with Crippen molar-refractivity contribution in [2.45, 2.75) is 150 Å². The van der Waals surface area contributed by atoms with Crippen LogP contribution < -0.4 is 5.73 Å². The first-order chi connectivity index (χ1) is 22.2. The zero-order valence-corrected chi connectivity index (χ0v) is 31.9. The maximum absolute atomic E-state index is 9.40. The van der Waals surface area contributed by atoms with E-state index in [0.717, 1.165) is 56.7 Å². The van der Waals surface area contributed by atoms with Crippen LogP contribution in [0, 0.1) is 35.5 Å². The highest BCUT2D eigenvalue weighted by atomic mass is 16.5.